The Hall–Kier alpha value is -0.320. The van der Waals surface area contributed by atoms with Gasteiger partial charge in [0.1, 0.15) is 5.41 Å². The first-order valence-corrected chi connectivity index (χ1v) is 4.03. The second-order valence-corrected chi connectivity index (χ2v) is 3.13. The van der Waals surface area contributed by atoms with Gasteiger partial charge in [0.15, 0.2) is 0 Å². The molecule has 1 unspecified atom stereocenters. The second-order valence-electron chi connectivity index (χ2n) is 3.13. The Balaban J connectivity index is 0.00000144. The van der Waals surface area contributed by atoms with E-state index >= 15 is 0 Å². The molecule has 0 radical (unpaired) electrons. The lowest BCUT2D eigenvalue weighted by Crippen LogP contribution is -2.38. The van der Waals surface area contributed by atoms with Crippen molar-refractivity contribution in [2.75, 3.05) is 33.9 Å². The van der Waals surface area contributed by atoms with Crippen LogP contribution in [-0.4, -0.2) is 39.9 Å². The first-order chi connectivity index (χ1) is 5.75. The van der Waals surface area contributed by atoms with E-state index in [4.69, 9.17) is 9.47 Å². The Bertz CT molecular complexity index is 169. The van der Waals surface area contributed by atoms with E-state index in [2.05, 4.69) is 5.32 Å². The van der Waals surface area contributed by atoms with E-state index in [0.29, 0.717) is 13.2 Å². The number of hydrogen-bond acceptors (Lipinski definition) is 4. The first kappa shape index (κ1) is 12.7. The van der Waals surface area contributed by atoms with Crippen LogP contribution in [-0.2, 0) is 14.3 Å². The molecule has 0 aromatic carbocycles. The molecule has 1 rings (SSSR count). The van der Waals surface area contributed by atoms with Crippen LogP contribution in [0.25, 0.3) is 0 Å². The van der Waals surface area contributed by atoms with Gasteiger partial charge in [-0.05, 0) is 13.0 Å². The van der Waals surface area contributed by atoms with Crippen LogP contribution in [0, 0.1) is 5.41 Å². The highest BCUT2D eigenvalue weighted by atomic mass is 35.5. The number of carbonyl (C=O) groups is 1. The molecule has 1 saturated heterocycles. The molecule has 1 aliphatic heterocycles. The van der Waals surface area contributed by atoms with Gasteiger partial charge in [-0.1, -0.05) is 0 Å². The molecule has 0 amide bonds. The smallest absolute Gasteiger partial charge is 0.315 e. The number of nitrogens with one attached hydrogen (secondary N) is 1. The number of carbonyl (C=O) groups excluding carboxylic acids is 1. The second kappa shape index (κ2) is 5.42. The highest BCUT2D eigenvalue weighted by molar-refractivity contribution is 5.85. The summed E-state index contributed by atoms with van der Waals surface area (Å²) in [6.07, 6.45) is 0.799. The van der Waals surface area contributed by atoms with Crippen LogP contribution in [0.5, 0.6) is 0 Å². The van der Waals surface area contributed by atoms with Gasteiger partial charge in [0.2, 0.25) is 0 Å². The summed E-state index contributed by atoms with van der Waals surface area (Å²) in [6.45, 7) is 1.96. The summed E-state index contributed by atoms with van der Waals surface area (Å²) in [5, 5.41) is 3.13. The van der Waals surface area contributed by atoms with Crippen molar-refractivity contribution >= 4 is 18.4 Å². The molecule has 0 aromatic heterocycles. The summed E-state index contributed by atoms with van der Waals surface area (Å²) in [7, 11) is 3.01. The number of methoxy groups -OCH3 is 2. The number of hydrogen-bond donors (Lipinski definition) is 1. The average molecular weight is 210 g/mol. The molecule has 1 heterocycles. The van der Waals surface area contributed by atoms with E-state index in [1.165, 1.54) is 7.11 Å². The molecule has 78 valence electrons. The molecular weight excluding hydrogens is 194 g/mol. The van der Waals surface area contributed by atoms with Gasteiger partial charge < -0.3 is 14.8 Å². The third kappa shape index (κ3) is 2.56. The maximum Gasteiger partial charge on any atom is 0.315 e. The maximum absolute atomic E-state index is 11.4. The zero-order valence-electron chi connectivity index (χ0n) is 7.96. The molecule has 1 fully saturated rings. The van der Waals surface area contributed by atoms with Gasteiger partial charge in [-0.2, -0.15) is 0 Å². The van der Waals surface area contributed by atoms with Gasteiger partial charge in [-0.15, -0.1) is 12.4 Å². The Labute approximate surface area is 84.4 Å². The van der Waals surface area contributed by atoms with Crippen LogP contribution >= 0.6 is 12.4 Å². The van der Waals surface area contributed by atoms with Crippen molar-refractivity contribution in [2.45, 2.75) is 6.42 Å². The van der Waals surface area contributed by atoms with Crippen molar-refractivity contribution in [2.24, 2.45) is 5.41 Å². The molecule has 0 aliphatic carbocycles. The van der Waals surface area contributed by atoms with E-state index in [1.807, 2.05) is 0 Å². The van der Waals surface area contributed by atoms with E-state index in [1.54, 1.807) is 7.11 Å². The lowest BCUT2D eigenvalue weighted by Gasteiger charge is -2.23. The summed E-state index contributed by atoms with van der Waals surface area (Å²) >= 11 is 0. The molecule has 1 N–H and O–H groups in total. The van der Waals surface area contributed by atoms with Crippen molar-refractivity contribution in [3.05, 3.63) is 0 Å². The molecule has 1 aliphatic rings. The van der Waals surface area contributed by atoms with Gasteiger partial charge in [-0.25, -0.2) is 0 Å². The Morgan fingerprint density at radius 2 is 2.23 bits per heavy atom. The Morgan fingerprint density at radius 3 is 2.62 bits per heavy atom. The predicted molar refractivity (Wildman–Crippen MR) is 51.1 cm³/mol. The molecule has 0 bridgehead atoms. The summed E-state index contributed by atoms with van der Waals surface area (Å²) < 4.78 is 9.74. The SMILES string of the molecule is COCC1(C(=O)OC)CCNC1.Cl. The highest BCUT2D eigenvalue weighted by Crippen LogP contribution is 2.26. The molecule has 0 saturated carbocycles. The van der Waals surface area contributed by atoms with Crippen LogP contribution in [0.2, 0.25) is 0 Å². The predicted octanol–water partition coefficient (Wildman–Crippen LogP) is 0.207. The molecule has 1 atom stereocenters. The largest absolute Gasteiger partial charge is 0.468 e. The van der Waals surface area contributed by atoms with Gasteiger partial charge in [0.05, 0.1) is 13.7 Å². The number of halogens is 1. The third-order valence-electron chi connectivity index (χ3n) is 2.28. The fraction of sp³-hybridized carbons (Fsp3) is 0.875. The Morgan fingerprint density at radius 1 is 1.54 bits per heavy atom. The van der Waals surface area contributed by atoms with Gasteiger partial charge in [-0.3, -0.25) is 4.79 Å². The Kier molecular flexibility index (Phi) is 5.29. The fourth-order valence-corrected chi connectivity index (χ4v) is 1.59. The normalized spacial score (nSPS) is 26.6. The van der Waals surface area contributed by atoms with Crippen molar-refractivity contribution in [1.29, 1.82) is 0 Å². The number of rotatable bonds is 3. The monoisotopic (exact) mass is 209 g/mol. The molecule has 4 nitrogen and oxygen atoms in total. The topological polar surface area (TPSA) is 47.6 Å². The first-order valence-electron chi connectivity index (χ1n) is 4.03. The van der Waals surface area contributed by atoms with E-state index < -0.39 is 5.41 Å². The molecule has 13 heavy (non-hydrogen) atoms. The van der Waals surface area contributed by atoms with Crippen LogP contribution < -0.4 is 5.32 Å². The minimum Gasteiger partial charge on any atom is -0.468 e. The average Bonchev–Trinajstić information content (AvgIpc) is 2.53. The van der Waals surface area contributed by atoms with Crippen molar-refractivity contribution in [3.63, 3.8) is 0 Å². The number of esters is 1. The van der Waals surface area contributed by atoms with Crippen molar-refractivity contribution in [3.8, 4) is 0 Å². The van der Waals surface area contributed by atoms with E-state index in [0.717, 1.165) is 13.0 Å². The number of ether oxygens (including phenoxy) is 2. The van der Waals surface area contributed by atoms with Crippen LogP contribution in [0.4, 0.5) is 0 Å². The van der Waals surface area contributed by atoms with Crippen LogP contribution in [0.1, 0.15) is 6.42 Å². The summed E-state index contributed by atoms with van der Waals surface area (Å²) in [6, 6.07) is 0. The van der Waals surface area contributed by atoms with Crippen LogP contribution in [0.3, 0.4) is 0 Å². The minimum atomic E-state index is -0.441. The zero-order valence-corrected chi connectivity index (χ0v) is 8.78. The van der Waals surface area contributed by atoms with Gasteiger partial charge >= 0.3 is 5.97 Å². The van der Waals surface area contributed by atoms with Crippen molar-refractivity contribution in [1.82, 2.24) is 5.32 Å². The summed E-state index contributed by atoms with van der Waals surface area (Å²) in [4.78, 5) is 11.4. The van der Waals surface area contributed by atoms with Crippen LogP contribution in [0.15, 0.2) is 0 Å². The zero-order chi connectivity index (χ0) is 9.03. The lowest BCUT2D eigenvalue weighted by atomic mass is 9.88. The van der Waals surface area contributed by atoms with Gasteiger partial charge in [0.25, 0.3) is 0 Å². The molecule has 0 spiro atoms. The van der Waals surface area contributed by atoms with E-state index in [-0.39, 0.29) is 18.4 Å². The molecular formula is C8H16ClNO3. The molecule has 5 heteroatoms. The maximum atomic E-state index is 11.4. The fourth-order valence-electron chi connectivity index (χ4n) is 1.59. The lowest BCUT2D eigenvalue weighted by molar-refractivity contribution is -0.154. The van der Waals surface area contributed by atoms with Gasteiger partial charge in [0, 0.05) is 13.7 Å². The summed E-state index contributed by atoms with van der Waals surface area (Å²) in [5.41, 5.74) is -0.441. The summed E-state index contributed by atoms with van der Waals surface area (Å²) in [5.74, 6) is -0.172. The highest BCUT2D eigenvalue weighted by Gasteiger charge is 2.42. The minimum absolute atomic E-state index is 0. The third-order valence-corrected chi connectivity index (χ3v) is 2.28. The van der Waals surface area contributed by atoms with E-state index in [9.17, 15) is 4.79 Å². The quantitative estimate of drug-likeness (QED) is 0.675. The standard InChI is InChI=1S/C8H15NO3.ClH/c1-11-6-8(7(10)12-2)3-4-9-5-8;/h9H,3-6H2,1-2H3;1H. The molecule has 0 aromatic rings. The van der Waals surface area contributed by atoms with Crippen molar-refractivity contribution < 1.29 is 14.3 Å².